The van der Waals surface area contributed by atoms with E-state index in [4.69, 9.17) is 5.73 Å². The zero-order valence-electron chi connectivity index (χ0n) is 10.1. The Morgan fingerprint density at radius 3 is 2.71 bits per heavy atom. The molecule has 0 atom stereocenters. The van der Waals surface area contributed by atoms with Crippen LogP contribution in [-0.2, 0) is 6.42 Å². The summed E-state index contributed by atoms with van der Waals surface area (Å²) in [6.45, 7) is 0.585. The fourth-order valence-electron chi connectivity index (χ4n) is 2.39. The first kappa shape index (κ1) is 12.9. The van der Waals surface area contributed by atoms with Gasteiger partial charge in [0.05, 0.1) is 0 Å². The molecule has 0 bridgehead atoms. The van der Waals surface area contributed by atoms with Gasteiger partial charge in [0.15, 0.2) is 0 Å². The van der Waals surface area contributed by atoms with Crippen molar-refractivity contribution in [2.24, 2.45) is 5.73 Å². The van der Waals surface area contributed by atoms with Crippen molar-refractivity contribution >= 4 is 11.8 Å². The van der Waals surface area contributed by atoms with E-state index in [1.807, 2.05) is 6.07 Å². The van der Waals surface area contributed by atoms with Crippen molar-refractivity contribution in [3.8, 4) is 0 Å². The lowest BCUT2D eigenvalue weighted by atomic mass is 10.0. The Balaban J connectivity index is 2.12. The van der Waals surface area contributed by atoms with E-state index in [0.29, 0.717) is 11.8 Å². The summed E-state index contributed by atoms with van der Waals surface area (Å²) in [6, 6.07) is 5.34. The van der Waals surface area contributed by atoms with Crippen LogP contribution in [0.4, 0.5) is 4.39 Å². The van der Waals surface area contributed by atoms with E-state index >= 15 is 0 Å². The lowest BCUT2D eigenvalue weighted by Gasteiger charge is -2.22. The molecule has 0 saturated heterocycles. The van der Waals surface area contributed by atoms with Gasteiger partial charge in [0.25, 0.3) is 0 Å². The number of hydrogen-bond acceptors (Lipinski definition) is 2. The Labute approximate surface area is 107 Å². The van der Waals surface area contributed by atoms with Gasteiger partial charge in [-0.15, -0.1) is 11.8 Å². The second-order valence-corrected chi connectivity index (χ2v) is 5.96. The van der Waals surface area contributed by atoms with Crippen LogP contribution in [0.5, 0.6) is 0 Å². The Bertz CT molecular complexity index is 361. The molecule has 17 heavy (non-hydrogen) atoms. The Morgan fingerprint density at radius 1 is 1.24 bits per heavy atom. The number of benzene rings is 1. The van der Waals surface area contributed by atoms with Crippen LogP contribution in [0.25, 0.3) is 0 Å². The van der Waals surface area contributed by atoms with Crippen molar-refractivity contribution in [3.05, 3.63) is 29.6 Å². The number of rotatable bonds is 4. The van der Waals surface area contributed by atoms with Crippen LogP contribution in [-0.4, -0.2) is 11.8 Å². The molecular weight excluding hydrogens is 233 g/mol. The van der Waals surface area contributed by atoms with E-state index in [1.54, 1.807) is 23.9 Å². The minimum atomic E-state index is -0.0773. The van der Waals surface area contributed by atoms with E-state index in [1.165, 1.54) is 32.1 Å². The van der Waals surface area contributed by atoms with Gasteiger partial charge in [0.2, 0.25) is 0 Å². The molecule has 1 aromatic rings. The first-order valence-electron chi connectivity index (χ1n) is 6.45. The van der Waals surface area contributed by atoms with Crippen LogP contribution in [0.1, 0.15) is 37.7 Å². The highest BCUT2D eigenvalue weighted by Gasteiger charge is 2.18. The predicted octanol–water partition coefficient (Wildman–Crippen LogP) is 3.75. The summed E-state index contributed by atoms with van der Waals surface area (Å²) in [5.74, 6) is -0.0773. The van der Waals surface area contributed by atoms with Crippen LogP contribution >= 0.6 is 11.8 Å². The highest BCUT2D eigenvalue weighted by molar-refractivity contribution is 8.00. The lowest BCUT2D eigenvalue weighted by Crippen LogP contribution is -2.10. The maximum Gasteiger partial charge on any atom is 0.137 e. The van der Waals surface area contributed by atoms with E-state index in [2.05, 4.69) is 0 Å². The second-order valence-electron chi connectivity index (χ2n) is 4.64. The topological polar surface area (TPSA) is 26.0 Å². The van der Waals surface area contributed by atoms with Crippen LogP contribution in [0.2, 0.25) is 0 Å². The van der Waals surface area contributed by atoms with Gasteiger partial charge in [-0.05, 0) is 37.4 Å². The zero-order chi connectivity index (χ0) is 12.1. The van der Waals surface area contributed by atoms with Crippen molar-refractivity contribution in [3.63, 3.8) is 0 Å². The van der Waals surface area contributed by atoms with Gasteiger partial charge in [-0.25, -0.2) is 4.39 Å². The number of thioether (sulfide) groups is 1. The Morgan fingerprint density at radius 2 is 2.00 bits per heavy atom. The quantitative estimate of drug-likeness (QED) is 0.884. The normalized spacial score (nSPS) is 17.3. The molecule has 1 aliphatic carbocycles. The monoisotopic (exact) mass is 253 g/mol. The maximum atomic E-state index is 13.9. The third kappa shape index (κ3) is 3.46. The molecule has 1 saturated carbocycles. The van der Waals surface area contributed by atoms with Gasteiger partial charge in [-0.2, -0.15) is 0 Å². The Hall–Kier alpha value is -0.540. The number of halogens is 1. The van der Waals surface area contributed by atoms with Gasteiger partial charge in [-0.3, -0.25) is 0 Å². The number of hydrogen-bond donors (Lipinski definition) is 1. The summed E-state index contributed by atoms with van der Waals surface area (Å²) in [5, 5.41) is 0.595. The molecule has 0 aromatic heterocycles. The highest BCUT2D eigenvalue weighted by atomic mass is 32.2. The van der Waals surface area contributed by atoms with E-state index < -0.39 is 0 Å². The van der Waals surface area contributed by atoms with Gasteiger partial charge in [-0.1, -0.05) is 31.4 Å². The molecule has 3 heteroatoms. The molecule has 0 heterocycles. The summed E-state index contributed by atoms with van der Waals surface area (Å²) in [4.78, 5) is 0.838. The van der Waals surface area contributed by atoms with Crippen molar-refractivity contribution in [1.29, 1.82) is 0 Å². The molecule has 1 aromatic carbocycles. The van der Waals surface area contributed by atoms with Crippen LogP contribution in [0.15, 0.2) is 23.1 Å². The minimum Gasteiger partial charge on any atom is -0.330 e. The molecule has 0 spiro atoms. The van der Waals surface area contributed by atoms with Crippen LogP contribution < -0.4 is 5.73 Å². The van der Waals surface area contributed by atoms with Gasteiger partial charge < -0.3 is 5.73 Å². The van der Waals surface area contributed by atoms with E-state index in [-0.39, 0.29) is 5.82 Å². The molecule has 1 fully saturated rings. The van der Waals surface area contributed by atoms with Crippen molar-refractivity contribution in [2.45, 2.75) is 48.7 Å². The van der Waals surface area contributed by atoms with Gasteiger partial charge >= 0.3 is 0 Å². The van der Waals surface area contributed by atoms with Gasteiger partial charge in [0.1, 0.15) is 5.82 Å². The fraction of sp³-hybridized carbons (Fsp3) is 0.571. The lowest BCUT2D eigenvalue weighted by molar-refractivity contribution is 0.514. The van der Waals surface area contributed by atoms with E-state index in [0.717, 1.165) is 16.9 Å². The molecular formula is C14H20FNS. The molecule has 0 amide bonds. The Kier molecular flexibility index (Phi) is 4.86. The van der Waals surface area contributed by atoms with Gasteiger partial charge in [0, 0.05) is 10.1 Å². The first-order valence-corrected chi connectivity index (χ1v) is 7.33. The summed E-state index contributed by atoms with van der Waals surface area (Å²) >= 11 is 1.73. The summed E-state index contributed by atoms with van der Waals surface area (Å²) in [6.07, 6.45) is 7.13. The first-order chi connectivity index (χ1) is 8.31. The van der Waals surface area contributed by atoms with Crippen LogP contribution in [0, 0.1) is 5.82 Å². The standard InChI is InChI=1S/C14H20FNS/c15-13-8-4-5-11(9-10-16)14(13)17-12-6-2-1-3-7-12/h4-5,8,12H,1-3,6-7,9-10,16H2. The fourth-order valence-corrected chi connectivity index (χ4v) is 3.79. The molecule has 0 radical (unpaired) electrons. The second kappa shape index (κ2) is 6.41. The molecule has 1 aliphatic rings. The average Bonchev–Trinajstić information content (AvgIpc) is 2.35. The zero-order valence-corrected chi connectivity index (χ0v) is 10.9. The predicted molar refractivity (Wildman–Crippen MR) is 71.9 cm³/mol. The molecule has 0 unspecified atom stereocenters. The smallest absolute Gasteiger partial charge is 0.137 e. The third-order valence-electron chi connectivity index (χ3n) is 3.30. The van der Waals surface area contributed by atoms with Crippen molar-refractivity contribution in [2.75, 3.05) is 6.54 Å². The molecule has 2 N–H and O–H groups in total. The van der Waals surface area contributed by atoms with Crippen molar-refractivity contribution < 1.29 is 4.39 Å². The summed E-state index contributed by atoms with van der Waals surface area (Å²) in [7, 11) is 0. The largest absolute Gasteiger partial charge is 0.330 e. The summed E-state index contributed by atoms with van der Waals surface area (Å²) in [5.41, 5.74) is 6.65. The molecule has 1 nitrogen and oxygen atoms in total. The number of nitrogens with two attached hydrogens (primary N) is 1. The molecule has 94 valence electrons. The highest BCUT2D eigenvalue weighted by Crippen LogP contribution is 2.36. The third-order valence-corrected chi connectivity index (χ3v) is 4.80. The molecule has 0 aliphatic heterocycles. The minimum absolute atomic E-state index is 0.0773. The summed E-state index contributed by atoms with van der Waals surface area (Å²) < 4.78 is 13.9. The molecule has 2 rings (SSSR count). The van der Waals surface area contributed by atoms with Crippen molar-refractivity contribution in [1.82, 2.24) is 0 Å². The van der Waals surface area contributed by atoms with E-state index in [9.17, 15) is 4.39 Å². The average molecular weight is 253 g/mol. The maximum absolute atomic E-state index is 13.9. The van der Waals surface area contributed by atoms with Crippen LogP contribution in [0.3, 0.4) is 0 Å². The SMILES string of the molecule is NCCc1cccc(F)c1SC1CCCCC1.